The average molecular weight is 415 g/mol. The number of carbonyl (C=O) groups is 1. The van der Waals surface area contributed by atoms with E-state index in [1.165, 1.54) is 19.2 Å². The third-order valence-electron chi connectivity index (χ3n) is 4.06. The third-order valence-corrected chi connectivity index (χ3v) is 4.35. The number of carbonyl (C=O) groups excluding carboxylic acids is 1. The van der Waals surface area contributed by atoms with Gasteiger partial charge >= 0.3 is 0 Å². The average Bonchev–Trinajstić information content (AvgIpc) is 2.74. The largest absolute Gasteiger partial charge is 0.493 e. The molecule has 2 N–H and O–H groups in total. The molecule has 0 aliphatic carbocycles. The molecular formula is C22H20ClFN2O3. The molecule has 0 saturated heterocycles. The van der Waals surface area contributed by atoms with Gasteiger partial charge in [0.15, 0.2) is 18.1 Å². The molecule has 3 aromatic carbocycles. The van der Waals surface area contributed by atoms with Crippen LogP contribution in [0.5, 0.6) is 11.5 Å². The predicted molar refractivity (Wildman–Crippen MR) is 112 cm³/mol. The van der Waals surface area contributed by atoms with Crippen LogP contribution in [0.1, 0.15) is 5.56 Å². The normalized spacial score (nSPS) is 10.3. The molecule has 7 heteroatoms. The molecule has 0 spiro atoms. The summed E-state index contributed by atoms with van der Waals surface area (Å²) in [5.41, 5.74) is 2.33. The van der Waals surface area contributed by atoms with Gasteiger partial charge in [0.1, 0.15) is 5.82 Å². The topological polar surface area (TPSA) is 59.6 Å². The molecule has 0 radical (unpaired) electrons. The van der Waals surface area contributed by atoms with Crippen LogP contribution < -0.4 is 20.1 Å². The molecule has 0 unspecified atom stereocenters. The maximum absolute atomic E-state index is 13.2. The van der Waals surface area contributed by atoms with Gasteiger partial charge in [-0.25, -0.2) is 4.39 Å². The van der Waals surface area contributed by atoms with Crippen molar-refractivity contribution in [2.24, 2.45) is 0 Å². The predicted octanol–water partition coefficient (Wildman–Crippen LogP) is 5.12. The molecule has 0 saturated carbocycles. The van der Waals surface area contributed by atoms with Crippen molar-refractivity contribution in [1.82, 2.24) is 0 Å². The molecule has 0 aliphatic heterocycles. The highest BCUT2D eigenvalue weighted by Crippen LogP contribution is 2.28. The van der Waals surface area contributed by atoms with Gasteiger partial charge in [0, 0.05) is 17.9 Å². The molecule has 0 aromatic heterocycles. The van der Waals surface area contributed by atoms with Crippen molar-refractivity contribution in [2.45, 2.75) is 6.54 Å². The molecule has 3 rings (SSSR count). The van der Waals surface area contributed by atoms with Crippen molar-refractivity contribution in [1.29, 1.82) is 0 Å². The molecule has 3 aromatic rings. The van der Waals surface area contributed by atoms with Gasteiger partial charge in [-0.05, 0) is 48.0 Å². The third kappa shape index (κ3) is 5.86. The minimum atomic E-state index is -0.461. The highest BCUT2D eigenvalue weighted by molar-refractivity contribution is 6.31. The summed E-state index contributed by atoms with van der Waals surface area (Å²) in [7, 11) is 1.53. The summed E-state index contributed by atoms with van der Waals surface area (Å²) in [4.78, 5) is 12.0. The minimum Gasteiger partial charge on any atom is -0.493 e. The molecule has 0 bridgehead atoms. The van der Waals surface area contributed by atoms with Gasteiger partial charge in [-0.15, -0.1) is 0 Å². The highest BCUT2D eigenvalue weighted by atomic mass is 35.5. The van der Waals surface area contributed by atoms with E-state index >= 15 is 0 Å². The van der Waals surface area contributed by atoms with Crippen molar-refractivity contribution in [3.8, 4) is 11.5 Å². The van der Waals surface area contributed by atoms with E-state index in [4.69, 9.17) is 21.1 Å². The van der Waals surface area contributed by atoms with E-state index in [9.17, 15) is 9.18 Å². The number of halogens is 2. The van der Waals surface area contributed by atoms with Crippen LogP contribution in [-0.4, -0.2) is 19.6 Å². The lowest BCUT2D eigenvalue weighted by atomic mass is 10.2. The first kappa shape index (κ1) is 20.5. The lowest BCUT2D eigenvalue weighted by molar-refractivity contribution is -0.118. The first-order chi connectivity index (χ1) is 14.0. The zero-order valence-electron chi connectivity index (χ0n) is 15.7. The Morgan fingerprint density at radius 2 is 1.79 bits per heavy atom. The Balaban J connectivity index is 1.58. The minimum absolute atomic E-state index is 0.0603. The molecule has 0 atom stereocenters. The Kier molecular flexibility index (Phi) is 6.92. The van der Waals surface area contributed by atoms with Crippen LogP contribution >= 0.6 is 11.6 Å². The summed E-state index contributed by atoms with van der Waals surface area (Å²) in [5, 5.41) is 5.98. The van der Waals surface area contributed by atoms with Gasteiger partial charge < -0.3 is 20.1 Å². The summed E-state index contributed by atoms with van der Waals surface area (Å²) in [6.45, 7) is 0.337. The summed E-state index contributed by atoms with van der Waals surface area (Å²) in [6, 6.07) is 19.0. The zero-order chi connectivity index (χ0) is 20.6. The Bertz CT molecular complexity index is 983. The van der Waals surface area contributed by atoms with E-state index in [1.807, 2.05) is 30.3 Å². The fourth-order valence-electron chi connectivity index (χ4n) is 2.61. The standard InChI is InChI=1S/C22H20ClFN2O3/c1-28-21-11-15(13-25-17-8-9-19(24)18(23)12-17)7-10-20(21)29-14-22(27)26-16-5-3-2-4-6-16/h2-12,25H,13-14H2,1H3,(H,26,27). The number of para-hydroxylation sites is 1. The van der Waals surface area contributed by atoms with Crippen LogP contribution in [0.25, 0.3) is 0 Å². The SMILES string of the molecule is COc1cc(CNc2ccc(F)c(Cl)c2)ccc1OCC(=O)Nc1ccccc1. The van der Waals surface area contributed by atoms with E-state index in [0.29, 0.717) is 29.4 Å². The lowest BCUT2D eigenvalue weighted by Crippen LogP contribution is -2.20. The second kappa shape index (κ2) is 9.80. The second-order valence-electron chi connectivity index (χ2n) is 6.17. The van der Waals surface area contributed by atoms with Gasteiger partial charge in [0.05, 0.1) is 12.1 Å². The van der Waals surface area contributed by atoms with Gasteiger partial charge in [0.2, 0.25) is 0 Å². The van der Waals surface area contributed by atoms with Crippen LogP contribution in [0.4, 0.5) is 15.8 Å². The van der Waals surface area contributed by atoms with E-state index in [1.54, 1.807) is 24.3 Å². The number of nitrogens with one attached hydrogen (secondary N) is 2. The summed E-state index contributed by atoms with van der Waals surface area (Å²) >= 11 is 5.79. The number of hydrogen-bond donors (Lipinski definition) is 2. The molecule has 150 valence electrons. The van der Waals surface area contributed by atoms with Crippen molar-refractivity contribution in [3.63, 3.8) is 0 Å². The molecule has 5 nitrogen and oxygen atoms in total. The van der Waals surface area contributed by atoms with Gasteiger partial charge in [0.25, 0.3) is 5.91 Å². The molecule has 0 aliphatic rings. The molecule has 0 fully saturated rings. The first-order valence-corrected chi connectivity index (χ1v) is 9.26. The number of methoxy groups -OCH3 is 1. The van der Waals surface area contributed by atoms with Crippen molar-refractivity contribution >= 4 is 28.9 Å². The zero-order valence-corrected chi connectivity index (χ0v) is 16.5. The van der Waals surface area contributed by atoms with Gasteiger partial charge in [-0.1, -0.05) is 35.9 Å². The second-order valence-corrected chi connectivity index (χ2v) is 6.58. The maximum atomic E-state index is 13.2. The van der Waals surface area contributed by atoms with Crippen LogP contribution in [0, 0.1) is 5.82 Å². The van der Waals surface area contributed by atoms with E-state index in [-0.39, 0.29) is 17.5 Å². The van der Waals surface area contributed by atoms with Gasteiger partial charge in [-0.2, -0.15) is 0 Å². The summed E-state index contributed by atoms with van der Waals surface area (Å²) in [6.07, 6.45) is 0. The molecule has 0 heterocycles. The van der Waals surface area contributed by atoms with Crippen molar-refractivity contribution < 1.29 is 18.7 Å². The Morgan fingerprint density at radius 1 is 1.00 bits per heavy atom. The first-order valence-electron chi connectivity index (χ1n) is 8.88. The van der Waals surface area contributed by atoms with Crippen molar-refractivity contribution in [2.75, 3.05) is 24.4 Å². The van der Waals surface area contributed by atoms with Gasteiger partial charge in [-0.3, -0.25) is 4.79 Å². The van der Waals surface area contributed by atoms with E-state index in [0.717, 1.165) is 5.56 Å². The monoisotopic (exact) mass is 414 g/mol. The Hall–Kier alpha value is -3.25. The number of hydrogen-bond acceptors (Lipinski definition) is 4. The number of amides is 1. The number of ether oxygens (including phenoxy) is 2. The van der Waals surface area contributed by atoms with E-state index in [2.05, 4.69) is 10.6 Å². The molecule has 29 heavy (non-hydrogen) atoms. The molecular weight excluding hydrogens is 395 g/mol. The summed E-state index contributed by atoms with van der Waals surface area (Å²) < 4.78 is 24.2. The number of anilines is 2. The van der Waals surface area contributed by atoms with Crippen LogP contribution in [0.15, 0.2) is 66.7 Å². The lowest BCUT2D eigenvalue weighted by Gasteiger charge is -2.13. The summed E-state index contributed by atoms with van der Waals surface area (Å²) in [5.74, 6) is 0.243. The highest BCUT2D eigenvalue weighted by Gasteiger charge is 2.09. The fourth-order valence-corrected chi connectivity index (χ4v) is 2.79. The molecule has 1 amide bonds. The van der Waals surface area contributed by atoms with Crippen LogP contribution in [0.2, 0.25) is 5.02 Å². The Labute approximate surface area is 173 Å². The Morgan fingerprint density at radius 3 is 2.52 bits per heavy atom. The van der Waals surface area contributed by atoms with E-state index < -0.39 is 5.82 Å². The van der Waals surface area contributed by atoms with Crippen LogP contribution in [0.3, 0.4) is 0 Å². The van der Waals surface area contributed by atoms with Crippen LogP contribution in [-0.2, 0) is 11.3 Å². The number of benzene rings is 3. The fraction of sp³-hybridized carbons (Fsp3) is 0.136. The smallest absolute Gasteiger partial charge is 0.262 e. The maximum Gasteiger partial charge on any atom is 0.262 e. The number of rotatable bonds is 8. The quantitative estimate of drug-likeness (QED) is 0.537. The van der Waals surface area contributed by atoms with Crippen molar-refractivity contribution in [3.05, 3.63) is 83.1 Å².